The smallest absolute Gasteiger partial charge is 0.276 e. The molecule has 0 spiro atoms. The molecule has 0 aliphatic carbocycles. The standard InChI is InChI=1S/C25H22N8O4/c34-22-6-5-21(23(35)28-22)31-10-13-7-14(1-3-16(13)24(31)36)32-11-19(29-30-32)25(37)33-15-2-4-20(33)17-9-26-12-27-18(17)8-15/h1,3,7,9,11-12,15,20-21H,2,4-6,8,10H2,(H,28,34,35). The number of rotatable bonds is 3. The molecular formula is C25H22N8O4. The van der Waals surface area contributed by atoms with E-state index in [1.54, 1.807) is 30.9 Å². The molecular weight excluding hydrogens is 476 g/mol. The number of nitrogens with zero attached hydrogens (tertiary/aromatic N) is 7. The fraction of sp³-hybridized carbons (Fsp3) is 0.360. The predicted molar refractivity (Wildman–Crippen MR) is 125 cm³/mol. The summed E-state index contributed by atoms with van der Waals surface area (Å²) in [5.41, 5.74) is 4.18. The number of benzene rings is 1. The molecule has 1 N–H and O–H groups in total. The largest absolute Gasteiger partial charge is 0.327 e. The van der Waals surface area contributed by atoms with E-state index in [-0.39, 0.29) is 48.5 Å². The maximum Gasteiger partial charge on any atom is 0.276 e. The first-order valence-corrected chi connectivity index (χ1v) is 12.3. The normalized spacial score (nSPS) is 24.2. The SMILES string of the molecule is O=C1CCC(N2Cc3cc(-n4cc(C(=O)N5C6CCC5c5cncnc5C6)nn4)ccc3C2=O)C(=O)N1. The van der Waals surface area contributed by atoms with Gasteiger partial charge in [0.1, 0.15) is 12.4 Å². The molecule has 1 aromatic carbocycles. The fourth-order valence-corrected chi connectivity index (χ4v) is 6.06. The third-order valence-corrected chi connectivity index (χ3v) is 7.84. The summed E-state index contributed by atoms with van der Waals surface area (Å²) in [7, 11) is 0. The van der Waals surface area contributed by atoms with Crippen LogP contribution in [-0.2, 0) is 22.6 Å². The monoisotopic (exact) mass is 498 g/mol. The fourth-order valence-electron chi connectivity index (χ4n) is 6.06. The lowest BCUT2D eigenvalue weighted by Gasteiger charge is -2.34. The maximum absolute atomic E-state index is 13.5. The summed E-state index contributed by atoms with van der Waals surface area (Å²) in [4.78, 5) is 62.2. The number of fused-ring (bicyclic) bond motifs is 5. The molecule has 3 aromatic rings. The first-order valence-electron chi connectivity index (χ1n) is 12.3. The molecule has 2 aromatic heterocycles. The van der Waals surface area contributed by atoms with E-state index in [4.69, 9.17) is 0 Å². The Morgan fingerprint density at radius 1 is 1.08 bits per heavy atom. The number of carbonyl (C=O) groups excluding carboxylic acids is 4. The first kappa shape index (κ1) is 21.8. The number of amides is 4. The summed E-state index contributed by atoms with van der Waals surface area (Å²) in [6.45, 7) is 0.257. The van der Waals surface area contributed by atoms with Crippen molar-refractivity contribution in [2.45, 2.75) is 56.8 Å². The van der Waals surface area contributed by atoms with E-state index in [1.165, 1.54) is 9.58 Å². The Morgan fingerprint density at radius 3 is 2.84 bits per heavy atom. The van der Waals surface area contributed by atoms with Crippen molar-refractivity contribution < 1.29 is 19.2 Å². The van der Waals surface area contributed by atoms with Gasteiger partial charge in [-0.3, -0.25) is 24.5 Å². The van der Waals surface area contributed by atoms with Gasteiger partial charge in [-0.15, -0.1) is 5.10 Å². The molecule has 2 fully saturated rings. The molecule has 7 rings (SSSR count). The highest BCUT2D eigenvalue weighted by Crippen LogP contribution is 2.43. The van der Waals surface area contributed by atoms with E-state index in [1.807, 2.05) is 11.0 Å². The topological polar surface area (TPSA) is 143 Å². The number of nitrogens with one attached hydrogen (secondary N) is 1. The Bertz CT molecular complexity index is 1500. The Kier molecular flexibility index (Phi) is 4.72. The summed E-state index contributed by atoms with van der Waals surface area (Å²) < 4.78 is 1.52. The van der Waals surface area contributed by atoms with Crippen LogP contribution >= 0.6 is 0 Å². The number of hydrogen-bond donors (Lipinski definition) is 1. The Hall–Kier alpha value is -4.48. The molecule has 4 aliphatic heterocycles. The van der Waals surface area contributed by atoms with Crippen molar-refractivity contribution in [1.29, 1.82) is 0 Å². The average molecular weight is 499 g/mol. The third-order valence-electron chi connectivity index (χ3n) is 7.84. The zero-order valence-electron chi connectivity index (χ0n) is 19.7. The van der Waals surface area contributed by atoms with Crippen molar-refractivity contribution in [3.8, 4) is 5.69 Å². The molecule has 37 heavy (non-hydrogen) atoms. The minimum atomic E-state index is -0.674. The van der Waals surface area contributed by atoms with E-state index >= 15 is 0 Å². The molecule has 12 nitrogen and oxygen atoms in total. The van der Waals surface area contributed by atoms with Gasteiger partial charge in [0.25, 0.3) is 11.8 Å². The van der Waals surface area contributed by atoms with Crippen LogP contribution in [-0.4, -0.2) is 70.5 Å². The quantitative estimate of drug-likeness (QED) is 0.521. The van der Waals surface area contributed by atoms with E-state index in [0.29, 0.717) is 24.1 Å². The average Bonchev–Trinajstić information content (AvgIpc) is 3.60. The highest BCUT2D eigenvalue weighted by Gasteiger charge is 2.44. The molecule has 3 atom stereocenters. The van der Waals surface area contributed by atoms with Gasteiger partial charge in [0.05, 0.1) is 23.6 Å². The van der Waals surface area contributed by atoms with Crippen LogP contribution in [0.25, 0.3) is 5.69 Å². The van der Waals surface area contributed by atoms with Crippen molar-refractivity contribution in [2.24, 2.45) is 0 Å². The van der Waals surface area contributed by atoms with Crippen LogP contribution in [0.3, 0.4) is 0 Å². The van der Waals surface area contributed by atoms with E-state index < -0.39 is 11.9 Å². The van der Waals surface area contributed by atoms with Crippen molar-refractivity contribution in [3.63, 3.8) is 0 Å². The first-order chi connectivity index (χ1) is 18.0. The lowest BCUT2D eigenvalue weighted by Crippen LogP contribution is -2.52. The highest BCUT2D eigenvalue weighted by atomic mass is 16.2. The summed E-state index contributed by atoms with van der Waals surface area (Å²) in [6.07, 6.45) is 7.95. The van der Waals surface area contributed by atoms with Crippen LogP contribution in [0.5, 0.6) is 0 Å². The van der Waals surface area contributed by atoms with Crippen molar-refractivity contribution in [2.75, 3.05) is 0 Å². The number of carbonyl (C=O) groups is 4. The van der Waals surface area contributed by atoms with Crippen LogP contribution < -0.4 is 5.32 Å². The van der Waals surface area contributed by atoms with Crippen molar-refractivity contribution >= 4 is 23.6 Å². The van der Waals surface area contributed by atoms with Crippen LogP contribution in [0.4, 0.5) is 0 Å². The molecule has 4 amide bonds. The molecule has 0 radical (unpaired) electrons. The second kappa shape index (κ2) is 8.02. The molecule has 12 heteroatoms. The molecule has 6 heterocycles. The number of hydrogen-bond acceptors (Lipinski definition) is 8. The summed E-state index contributed by atoms with van der Waals surface area (Å²) >= 11 is 0. The Balaban J connectivity index is 1.12. The van der Waals surface area contributed by atoms with Crippen LogP contribution in [0, 0.1) is 0 Å². The minimum absolute atomic E-state index is 0.0585. The van der Waals surface area contributed by atoms with Gasteiger partial charge in [0.15, 0.2) is 5.69 Å². The second-order valence-electron chi connectivity index (χ2n) is 9.88. The van der Waals surface area contributed by atoms with Crippen LogP contribution in [0.1, 0.15) is 69.4 Å². The molecule has 0 saturated carbocycles. The van der Waals surface area contributed by atoms with E-state index in [0.717, 1.165) is 29.7 Å². The predicted octanol–water partition coefficient (Wildman–Crippen LogP) is 0.720. The zero-order chi connectivity index (χ0) is 25.3. The van der Waals surface area contributed by atoms with Gasteiger partial charge in [-0.2, -0.15) is 0 Å². The number of aromatic nitrogens is 5. The number of piperidine rings is 1. The Labute approximate surface area is 210 Å². The summed E-state index contributed by atoms with van der Waals surface area (Å²) in [6, 6.07) is 4.61. The van der Waals surface area contributed by atoms with Gasteiger partial charge in [-0.25, -0.2) is 14.6 Å². The van der Waals surface area contributed by atoms with Crippen LogP contribution in [0.15, 0.2) is 36.9 Å². The second-order valence-corrected chi connectivity index (χ2v) is 9.88. The molecule has 2 bridgehead atoms. The van der Waals surface area contributed by atoms with Gasteiger partial charge in [-0.05, 0) is 43.0 Å². The van der Waals surface area contributed by atoms with E-state index in [2.05, 4.69) is 25.6 Å². The molecule has 3 unspecified atom stereocenters. The van der Waals surface area contributed by atoms with Gasteiger partial charge in [0, 0.05) is 42.8 Å². The van der Waals surface area contributed by atoms with Crippen molar-refractivity contribution in [1.82, 2.24) is 40.1 Å². The minimum Gasteiger partial charge on any atom is -0.327 e. The molecule has 186 valence electrons. The van der Waals surface area contributed by atoms with Crippen LogP contribution in [0.2, 0.25) is 0 Å². The maximum atomic E-state index is 13.5. The van der Waals surface area contributed by atoms with Crippen molar-refractivity contribution in [3.05, 3.63) is 65.0 Å². The Morgan fingerprint density at radius 2 is 1.97 bits per heavy atom. The number of imide groups is 1. The van der Waals surface area contributed by atoms with E-state index in [9.17, 15) is 19.2 Å². The summed E-state index contributed by atoms with van der Waals surface area (Å²) in [5.74, 6) is -1.18. The lowest BCUT2D eigenvalue weighted by atomic mass is 9.99. The highest BCUT2D eigenvalue weighted by molar-refractivity contribution is 6.05. The third kappa shape index (κ3) is 3.35. The van der Waals surface area contributed by atoms with Gasteiger partial charge in [0.2, 0.25) is 11.8 Å². The lowest BCUT2D eigenvalue weighted by molar-refractivity contribution is -0.136. The molecule has 4 aliphatic rings. The van der Waals surface area contributed by atoms with Gasteiger partial charge >= 0.3 is 0 Å². The van der Waals surface area contributed by atoms with Gasteiger partial charge < -0.3 is 9.80 Å². The van der Waals surface area contributed by atoms with Gasteiger partial charge in [-0.1, -0.05) is 5.21 Å². The molecule has 2 saturated heterocycles. The zero-order valence-corrected chi connectivity index (χ0v) is 19.7. The summed E-state index contributed by atoms with van der Waals surface area (Å²) in [5, 5.41) is 10.7.